The zero-order valence-electron chi connectivity index (χ0n) is 11.6. The number of carbonyl (C=O) groups is 1. The molecule has 0 unspecified atom stereocenters. The summed E-state index contributed by atoms with van der Waals surface area (Å²) in [6, 6.07) is 7.73. The van der Waals surface area contributed by atoms with E-state index in [-0.39, 0.29) is 12.1 Å². The van der Waals surface area contributed by atoms with Crippen LogP contribution in [0.25, 0.3) is 10.1 Å². The molecule has 0 saturated carbocycles. The molecule has 0 aliphatic carbocycles. The van der Waals surface area contributed by atoms with Gasteiger partial charge in [0.05, 0.1) is 0 Å². The SMILES string of the molecule is CC(C)(CCO)NCc1c(C(=O)O)sc2ccccc12. The van der Waals surface area contributed by atoms with Crippen LogP contribution in [-0.2, 0) is 6.54 Å². The maximum Gasteiger partial charge on any atom is 0.346 e. The first kappa shape index (κ1) is 15.0. The highest BCUT2D eigenvalue weighted by molar-refractivity contribution is 7.21. The van der Waals surface area contributed by atoms with E-state index in [9.17, 15) is 9.90 Å². The third-order valence-electron chi connectivity index (χ3n) is 3.37. The lowest BCUT2D eigenvalue weighted by Gasteiger charge is -2.25. The zero-order valence-corrected chi connectivity index (χ0v) is 12.5. The molecule has 0 fully saturated rings. The second-order valence-corrected chi connectivity index (χ2v) is 6.47. The fourth-order valence-electron chi connectivity index (χ4n) is 2.14. The molecule has 108 valence electrons. The quantitative estimate of drug-likeness (QED) is 0.766. The Labute approximate surface area is 122 Å². The summed E-state index contributed by atoms with van der Waals surface area (Å²) in [4.78, 5) is 11.8. The Morgan fingerprint density at radius 3 is 2.70 bits per heavy atom. The Bertz CT molecular complexity index is 619. The van der Waals surface area contributed by atoms with Crippen LogP contribution < -0.4 is 5.32 Å². The maximum atomic E-state index is 11.4. The summed E-state index contributed by atoms with van der Waals surface area (Å²) < 4.78 is 0.988. The largest absolute Gasteiger partial charge is 0.477 e. The molecule has 0 atom stereocenters. The zero-order chi connectivity index (χ0) is 14.8. The summed E-state index contributed by atoms with van der Waals surface area (Å²) in [5, 5.41) is 22.7. The van der Waals surface area contributed by atoms with Crippen molar-refractivity contribution < 1.29 is 15.0 Å². The number of aromatic carboxylic acids is 1. The second-order valence-electron chi connectivity index (χ2n) is 5.42. The molecule has 0 spiro atoms. The van der Waals surface area contributed by atoms with Crippen LogP contribution in [0.5, 0.6) is 0 Å². The number of hydrogen-bond donors (Lipinski definition) is 3. The average Bonchev–Trinajstić information content (AvgIpc) is 2.75. The van der Waals surface area contributed by atoms with Gasteiger partial charge in [-0.25, -0.2) is 4.79 Å². The van der Waals surface area contributed by atoms with Crippen molar-refractivity contribution in [2.45, 2.75) is 32.4 Å². The molecular weight excluding hydrogens is 274 g/mol. The summed E-state index contributed by atoms with van der Waals surface area (Å²) in [5.74, 6) is -0.886. The van der Waals surface area contributed by atoms with Crippen molar-refractivity contribution in [3.8, 4) is 0 Å². The Hall–Kier alpha value is -1.43. The number of rotatable bonds is 6. The van der Waals surface area contributed by atoms with Crippen molar-refractivity contribution in [2.75, 3.05) is 6.61 Å². The van der Waals surface area contributed by atoms with Crippen LogP contribution in [-0.4, -0.2) is 28.3 Å². The van der Waals surface area contributed by atoms with Crippen molar-refractivity contribution >= 4 is 27.4 Å². The van der Waals surface area contributed by atoms with E-state index in [1.807, 2.05) is 38.1 Å². The minimum atomic E-state index is -0.886. The Kier molecular flexibility index (Phi) is 4.42. The molecule has 1 aromatic carbocycles. The van der Waals surface area contributed by atoms with E-state index in [1.54, 1.807) is 0 Å². The van der Waals surface area contributed by atoms with Crippen LogP contribution in [0.2, 0.25) is 0 Å². The third kappa shape index (κ3) is 3.17. The van der Waals surface area contributed by atoms with Gasteiger partial charge in [0.15, 0.2) is 0 Å². The minimum absolute atomic E-state index is 0.107. The average molecular weight is 293 g/mol. The smallest absolute Gasteiger partial charge is 0.346 e. The van der Waals surface area contributed by atoms with Crippen molar-refractivity contribution in [1.82, 2.24) is 5.32 Å². The maximum absolute atomic E-state index is 11.4. The Balaban J connectivity index is 2.32. The number of benzene rings is 1. The van der Waals surface area contributed by atoms with E-state index < -0.39 is 5.97 Å². The lowest BCUT2D eigenvalue weighted by molar-refractivity contribution is 0.0700. The molecule has 1 aromatic heterocycles. The van der Waals surface area contributed by atoms with E-state index in [0.29, 0.717) is 17.8 Å². The molecule has 20 heavy (non-hydrogen) atoms. The molecule has 3 N–H and O–H groups in total. The summed E-state index contributed by atoms with van der Waals surface area (Å²) >= 11 is 1.31. The first-order valence-electron chi connectivity index (χ1n) is 6.54. The highest BCUT2D eigenvalue weighted by Gasteiger charge is 2.21. The molecule has 1 heterocycles. The molecule has 0 aliphatic rings. The van der Waals surface area contributed by atoms with E-state index in [0.717, 1.165) is 15.6 Å². The van der Waals surface area contributed by atoms with Gasteiger partial charge in [-0.05, 0) is 37.3 Å². The topological polar surface area (TPSA) is 69.6 Å². The van der Waals surface area contributed by atoms with Crippen LogP contribution in [0.3, 0.4) is 0 Å². The van der Waals surface area contributed by atoms with Gasteiger partial charge in [0.2, 0.25) is 0 Å². The summed E-state index contributed by atoms with van der Waals surface area (Å²) in [6.07, 6.45) is 0.622. The number of hydrogen-bond acceptors (Lipinski definition) is 4. The van der Waals surface area contributed by atoms with Gasteiger partial charge in [-0.2, -0.15) is 0 Å². The summed E-state index contributed by atoms with van der Waals surface area (Å²) in [7, 11) is 0. The number of carboxylic acid groups (broad SMARTS) is 1. The van der Waals surface area contributed by atoms with Gasteiger partial charge >= 0.3 is 5.97 Å². The number of thiophene rings is 1. The van der Waals surface area contributed by atoms with Gasteiger partial charge in [-0.1, -0.05) is 18.2 Å². The number of aliphatic hydroxyl groups excluding tert-OH is 1. The predicted octanol–water partition coefficient (Wildman–Crippen LogP) is 2.85. The van der Waals surface area contributed by atoms with Crippen LogP contribution in [0, 0.1) is 0 Å². The molecule has 0 radical (unpaired) electrons. The number of aliphatic hydroxyl groups is 1. The van der Waals surface area contributed by atoms with Crippen LogP contribution in [0.1, 0.15) is 35.5 Å². The van der Waals surface area contributed by atoms with Gasteiger partial charge in [0.1, 0.15) is 4.88 Å². The lowest BCUT2D eigenvalue weighted by Crippen LogP contribution is -2.39. The van der Waals surface area contributed by atoms with E-state index in [2.05, 4.69) is 5.32 Å². The van der Waals surface area contributed by atoms with Gasteiger partial charge in [0, 0.05) is 23.4 Å². The van der Waals surface area contributed by atoms with E-state index >= 15 is 0 Å². The molecular formula is C15H19NO3S. The fraction of sp³-hybridized carbons (Fsp3) is 0.400. The molecule has 0 aliphatic heterocycles. The molecule has 2 rings (SSSR count). The number of nitrogens with one attached hydrogen (secondary N) is 1. The fourth-order valence-corrected chi connectivity index (χ4v) is 3.20. The summed E-state index contributed by atoms with van der Waals surface area (Å²) in [6.45, 7) is 4.59. The minimum Gasteiger partial charge on any atom is -0.477 e. The molecule has 0 bridgehead atoms. The first-order valence-corrected chi connectivity index (χ1v) is 7.36. The van der Waals surface area contributed by atoms with Gasteiger partial charge in [0.25, 0.3) is 0 Å². The molecule has 0 amide bonds. The normalized spacial score (nSPS) is 11.9. The highest BCUT2D eigenvalue weighted by Crippen LogP contribution is 2.31. The summed E-state index contributed by atoms with van der Waals surface area (Å²) in [5.41, 5.74) is 0.595. The van der Waals surface area contributed by atoms with E-state index in [4.69, 9.17) is 5.11 Å². The monoisotopic (exact) mass is 293 g/mol. The van der Waals surface area contributed by atoms with Crippen LogP contribution in [0.4, 0.5) is 0 Å². The standard InChI is InChI=1S/C15H19NO3S/c1-15(2,7-8-17)16-9-11-10-5-3-4-6-12(10)20-13(11)14(18)19/h3-6,16-17H,7-9H2,1-2H3,(H,18,19). The Morgan fingerprint density at radius 2 is 2.05 bits per heavy atom. The van der Waals surface area contributed by atoms with Crippen molar-refractivity contribution in [1.29, 1.82) is 0 Å². The van der Waals surface area contributed by atoms with Gasteiger partial charge in [-0.3, -0.25) is 0 Å². The third-order valence-corrected chi connectivity index (χ3v) is 4.57. The Morgan fingerprint density at radius 1 is 1.35 bits per heavy atom. The number of carboxylic acids is 1. The highest BCUT2D eigenvalue weighted by atomic mass is 32.1. The van der Waals surface area contributed by atoms with Crippen LogP contribution in [0.15, 0.2) is 24.3 Å². The number of fused-ring (bicyclic) bond motifs is 1. The molecule has 0 saturated heterocycles. The van der Waals surface area contributed by atoms with Gasteiger partial charge < -0.3 is 15.5 Å². The molecule has 5 heteroatoms. The second kappa shape index (κ2) is 5.91. The van der Waals surface area contributed by atoms with Crippen molar-refractivity contribution in [3.05, 3.63) is 34.7 Å². The molecule has 4 nitrogen and oxygen atoms in total. The van der Waals surface area contributed by atoms with Crippen molar-refractivity contribution in [3.63, 3.8) is 0 Å². The van der Waals surface area contributed by atoms with Crippen LogP contribution >= 0.6 is 11.3 Å². The van der Waals surface area contributed by atoms with E-state index in [1.165, 1.54) is 11.3 Å². The van der Waals surface area contributed by atoms with Gasteiger partial charge in [-0.15, -0.1) is 11.3 Å². The lowest BCUT2D eigenvalue weighted by atomic mass is 10.0. The van der Waals surface area contributed by atoms with Crippen molar-refractivity contribution in [2.24, 2.45) is 0 Å². The first-order chi connectivity index (χ1) is 9.44. The predicted molar refractivity (Wildman–Crippen MR) is 81.4 cm³/mol. The molecule has 2 aromatic rings.